The number of carbonyl (C=O) groups excluding carboxylic acids is 2. The van der Waals surface area contributed by atoms with Crippen LogP contribution in [-0.4, -0.2) is 28.6 Å². The van der Waals surface area contributed by atoms with Gasteiger partial charge in [-0.2, -0.15) is 0 Å². The quantitative estimate of drug-likeness (QED) is 0.448. The Kier molecular flexibility index (Phi) is 6.30. The Morgan fingerprint density at radius 1 is 1.06 bits per heavy atom. The molecule has 0 aromatic heterocycles. The first kappa shape index (κ1) is 23.8. The molecule has 5 atom stereocenters. The van der Waals surface area contributed by atoms with Crippen molar-refractivity contribution < 1.29 is 19.4 Å². The molecule has 5 nitrogen and oxygen atoms in total. The number of rotatable bonds is 7. The second kappa shape index (κ2) is 9.27. The van der Waals surface area contributed by atoms with Crippen LogP contribution in [0.25, 0.3) is 6.08 Å². The summed E-state index contributed by atoms with van der Waals surface area (Å²) in [6.07, 6.45) is 7.94. The molecule has 0 saturated heterocycles. The summed E-state index contributed by atoms with van der Waals surface area (Å²) in [5.41, 5.74) is 1.46. The number of hydrogen-bond donors (Lipinski definition) is 2. The van der Waals surface area contributed by atoms with E-state index in [1.807, 2.05) is 68.4 Å². The van der Waals surface area contributed by atoms with Crippen LogP contribution in [0.3, 0.4) is 0 Å². The second-order valence-corrected chi connectivity index (χ2v) is 11.4. The van der Waals surface area contributed by atoms with Crippen molar-refractivity contribution in [3.05, 3.63) is 77.4 Å². The van der Waals surface area contributed by atoms with Crippen molar-refractivity contribution in [3.8, 4) is 0 Å². The van der Waals surface area contributed by atoms with Crippen molar-refractivity contribution in [1.29, 1.82) is 0 Å². The highest BCUT2D eigenvalue weighted by molar-refractivity contribution is 5.89. The summed E-state index contributed by atoms with van der Waals surface area (Å²) in [4.78, 5) is 25.6. The molecule has 0 radical (unpaired) electrons. The molecule has 4 bridgehead atoms. The molecule has 0 aliphatic heterocycles. The highest BCUT2D eigenvalue weighted by atomic mass is 16.5. The Hall–Kier alpha value is -2.92. The molecule has 2 N–H and O–H groups in total. The SMILES string of the molecule is CC(C)(C(=O)NC1[C@@H]2CC3C[C@H]1CC(O)(C3)C2)c1cccc(C=CC(=O)OCc2ccccc2)c1. The summed E-state index contributed by atoms with van der Waals surface area (Å²) in [7, 11) is 0. The maximum absolute atomic E-state index is 13.5. The van der Waals surface area contributed by atoms with Crippen LogP contribution >= 0.6 is 0 Å². The van der Waals surface area contributed by atoms with Gasteiger partial charge in [0.15, 0.2) is 0 Å². The third-order valence-corrected chi connectivity index (χ3v) is 8.35. The van der Waals surface area contributed by atoms with Gasteiger partial charge in [0.05, 0.1) is 11.0 Å². The van der Waals surface area contributed by atoms with Gasteiger partial charge in [0, 0.05) is 12.1 Å². The normalized spacial score (nSPS) is 29.3. The molecule has 0 heterocycles. The molecule has 4 fully saturated rings. The predicted octanol–water partition coefficient (Wildman–Crippen LogP) is 4.78. The van der Waals surface area contributed by atoms with Crippen molar-refractivity contribution >= 4 is 18.0 Å². The number of benzene rings is 2. The highest BCUT2D eigenvalue weighted by Crippen LogP contribution is 2.55. The molecule has 4 aliphatic rings. The summed E-state index contributed by atoms with van der Waals surface area (Å²) in [6.45, 7) is 4.13. The Labute approximate surface area is 207 Å². The summed E-state index contributed by atoms with van der Waals surface area (Å²) in [5.74, 6) is 0.982. The van der Waals surface area contributed by atoms with E-state index < -0.39 is 17.0 Å². The number of amides is 1. The van der Waals surface area contributed by atoms with Gasteiger partial charge in [-0.05, 0) is 86.5 Å². The fourth-order valence-electron chi connectivity index (χ4n) is 6.65. The minimum atomic E-state index is -0.719. The molecule has 2 aromatic rings. The summed E-state index contributed by atoms with van der Waals surface area (Å²) < 4.78 is 5.32. The van der Waals surface area contributed by atoms with E-state index in [1.165, 1.54) is 6.08 Å². The van der Waals surface area contributed by atoms with Crippen LogP contribution in [0.4, 0.5) is 0 Å². The number of esters is 1. The van der Waals surface area contributed by atoms with Crippen molar-refractivity contribution in [2.24, 2.45) is 17.8 Å². The van der Waals surface area contributed by atoms with E-state index in [0.717, 1.165) is 48.8 Å². The zero-order valence-electron chi connectivity index (χ0n) is 20.6. The second-order valence-electron chi connectivity index (χ2n) is 11.4. The summed E-state index contributed by atoms with van der Waals surface area (Å²) in [5, 5.41) is 14.2. The molecule has 0 spiro atoms. The standard InChI is InChI=1S/C30H35NO4/c1-29(2,28(33)31-27-23-13-22-14-24(27)18-30(34,16-22)17-23)25-10-6-9-20(15-25)11-12-26(32)35-19-21-7-4-3-5-8-21/h3-12,15,22-24,27,34H,13-14,16-19H2,1-2H3,(H,31,33)/t22?,23-,24+,27?,30?. The van der Waals surface area contributed by atoms with Gasteiger partial charge in [0.25, 0.3) is 0 Å². The van der Waals surface area contributed by atoms with E-state index in [0.29, 0.717) is 17.8 Å². The summed E-state index contributed by atoms with van der Waals surface area (Å²) >= 11 is 0. The lowest BCUT2D eigenvalue weighted by Crippen LogP contribution is -2.62. The molecular formula is C30H35NO4. The van der Waals surface area contributed by atoms with Gasteiger partial charge >= 0.3 is 5.97 Å². The topological polar surface area (TPSA) is 75.6 Å². The van der Waals surface area contributed by atoms with E-state index in [-0.39, 0.29) is 18.6 Å². The maximum Gasteiger partial charge on any atom is 0.331 e. The lowest BCUT2D eigenvalue weighted by molar-refractivity contribution is -0.148. The molecule has 4 aliphatic carbocycles. The van der Waals surface area contributed by atoms with Gasteiger partial charge in [0.2, 0.25) is 5.91 Å². The Balaban J connectivity index is 1.22. The van der Waals surface area contributed by atoms with Crippen LogP contribution in [0.15, 0.2) is 60.7 Å². The third kappa shape index (κ3) is 5.06. The largest absolute Gasteiger partial charge is 0.458 e. The van der Waals surface area contributed by atoms with Crippen molar-refractivity contribution in [3.63, 3.8) is 0 Å². The molecule has 1 amide bonds. The van der Waals surface area contributed by atoms with Crippen molar-refractivity contribution in [1.82, 2.24) is 5.32 Å². The fourth-order valence-corrected chi connectivity index (χ4v) is 6.65. The van der Waals surface area contributed by atoms with E-state index in [1.54, 1.807) is 6.08 Å². The Morgan fingerprint density at radius 3 is 2.46 bits per heavy atom. The first-order valence-corrected chi connectivity index (χ1v) is 12.7. The fraction of sp³-hybridized carbons (Fsp3) is 0.467. The molecule has 35 heavy (non-hydrogen) atoms. The first-order chi connectivity index (χ1) is 16.7. The zero-order valence-corrected chi connectivity index (χ0v) is 20.6. The van der Waals surface area contributed by atoms with E-state index in [9.17, 15) is 14.7 Å². The van der Waals surface area contributed by atoms with Gasteiger partial charge in [0.1, 0.15) is 6.61 Å². The van der Waals surface area contributed by atoms with Crippen LogP contribution in [0, 0.1) is 17.8 Å². The van der Waals surface area contributed by atoms with Gasteiger partial charge in [-0.3, -0.25) is 4.79 Å². The first-order valence-electron chi connectivity index (χ1n) is 12.7. The minimum Gasteiger partial charge on any atom is -0.458 e. The molecule has 3 unspecified atom stereocenters. The van der Waals surface area contributed by atoms with Gasteiger partial charge < -0.3 is 15.2 Å². The molecular weight excluding hydrogens is 438 g/mol. The number of aliphatic hydroxyl groups is 1. The van der Waals surface area contributed by atoms with Crippen LogP contribution in [-0.2, 0) is 26.3 Å². The Morgan fingerprint density at radius 2 is 1.77 bits per heavy atom. The van der Waals surface area contributed by atoms with E-state index in [2.05, 4.69) is 5.32 Å². The minimum absolute atomic E-state index is 0.0189. The number of hydrogen-bond acceptors (Lipinski definition) is 4. The van der Waals surface area contributed by atoms with E-state index in [4.69, 9.17) is 4.74 Å². The lowest BCUT2D eigenvalue weighted by Gasteiger charge is -2.58. The van der Waals surface area contributed by atoms with Crippen LogP contribution < -0.4 is 5.32 Å². The summed E-state index contributed by atoms with van der Waals surface area (Å²) in [6, 6.07) is 17.5. The monoisotopic (exact) mass is 473 g/mol. The van der Waals surface area contributed by atoms with Gasteiger partial charge in [-0.1, -0.05) is 54.6 Å². The van der Waals surface area contributed by atoms with Crippen LogP contribution in [0.1, 0.15) is 62.6 Å². The van der Waals surface area contributed by atoms with Crippen LogP contribution in [0.2, 0.25) is 0 Å². The average Bonchev–Trinajstić information content (AvgIpc) is 2.83. The zero-order chi connectivity index (χ0) is 24.6. The van der Waals surface area contributed by atoms with Crippen molar-refractivity contribution in [2.45, 2.75) is 69.6 Å². The lowest BCUT2D eigenvalue weighted by atomic mass is 9.52. The smallest absolute Gasteiger partial charge is 0.331 e. The van der Waals surface area contributed by atoms with Crippen molar-refractivity contribution in [2.75, 3.05) is 0 Å². The van der Waals surface area contributed by atoms with Crippen LogP contribution in [0.5, 0.6) is 0 Å². The molecule has 184 valence electrons. The number of ether oxygens (including phenoxy) is 1. The number of carbonyl (C=O) groups is 2. The maximum atomic E-state index is 13.5. The third-order valence-electron chi connectivity index (χ3n) is 8.35. The molecule has 2 aromatic carbocycles. The van der Waals surface area contributed by atoms with E-state index >= 15 is 0 Å². The number of nitrogens with one attached hydrogen (secondary N) is 1. The van der Waals surface area contributed by atoms with Gasteiger partial charge in [-0.15, -0.1) is 0 Å². The highest BCUT2D eigenvalue weighted by Gasteiger charge is 2.55. The molecule has 4 saturated carbocycles. The average molecular weight is 474 g/mol. The van der Waals surface area contributed by atoms with Gasteiger partial charge in [-0.25, -0.2) is 4.79 Å². The molecule has 5 heteroatoms. The Bertz CT molecular complexity index is 1110. The molecule has 6 rings (SSSR count). The predicted molar refractivity (Wildman–Crippen MR) is 135 cm³/mol.